The SMILES string of the molecule is OCCNc1ccc(Cl)c(C(F)(F)F)c1. The van der Waals surface area contributed by atoms with Gasteiger partial charge in [0.2, 0.25) is 0 Å². The van der Waals surface area contributed by atoms with Gasteiger partial charge in [0.25, 0.3) is 0 Å². The summed E-state index contributed by atoms with van der Waals surface area (Å²) in [5.41, 5.74) is -0.604. The molecule has 0 unspecified atom stereocenters. The van der Waals surface area contributed by atoms with Gasteiger partial charge in [0, 0.05) is 12.2 Å². The van der Waals surface area contributed by atoms with Crippen molar-refractivity contribution in [3.05, 3.63) is 28.8 Å². The Balaban J connectivity index is 2.95. The Kier molecular flexibility index (Phi) is 3.82. The van der Waals surface area contributed by atoms with Gasteiger partial charge in [-0.2, -0.15) is 13.2 Å². The van der Waals surface area contributed by atoms with Gasteiger partial charge in [-0.1, -0.05) is 11.6 Å². The molecule has 0 spiro atoms. The molecule has 0 heterocycles. The molecule has 0 fully saturated rings. The molecule has 0 radical (unpaired) electrons. The van der Waals surface area contributed by atoms with Crippen LogP contribution in [0.25, 0.3) is 0 Å². The number of aliphatic hydroxyl groups excluding tert-OH is 1. The Hall–Kier alpha value is -0.940. The average molecular weight is 240 g/mol. The molecule has 0 saturated heterocycles. The molecule has 2 nitrogen and oxygen atoms in total. The minimum Gasteiger partial charge on any atom is -0.395 e. The Morgan fingerprint density at radius 1 is 1.33 bits per heavy atom. The molecular formula is C9H9ClF3NO. The van der Waals surface area contributed by atoms with Crippen LogP contribution in [0.5, 0.6) is 0 Å². The van der Waals surface area contributed by atoms with Crippen LogP contribution in [0.2, 0.25) is 5.02 Å². The third kappa shape index (κ3) is 3.28. The van der Waals surface area contributed by atoms with E-state index in [0.717, 1.165) is 6.07 Å². The summed E-state index contributed by atoms with van der Waals surface area (Å²) >= 11 is 5.42. The molecule has 0 saturated carbocycles. The van der Waals surface area contributed by atoms with Crippen molar-refractivity contribution in [1.82, 2.24) is 0 Å². The van der Waals surface area contributed by atoms with Gasteiger partial charge in [0.15, 0.2) is 0 Å². The fourth-order valence-corrected chi connectivity index (χ4v) is 1.28. The molecule has 0 aliphatic heterocycles. The number of hydrogen-bond donors (Lipinski definition) is 2. The lowest BCUT2D eigenvalue weighted by molar-refractivity contribution is -0.137. The molecule has 1 rings (SSSR count). The van der Waals surface area contributed by atoms with E-state index in [2.05, 4.69) is 5.32 Å². The average Bonchev–Trinajstić information content (AvgIpc) is 2.15. The van der Waals surface area contributed by atoms with Crippen LogP contribution in [0.3, 0.4) is 0 Å². The first-order valence-electron chi connectivity index (χ1n) is 4.16. The molecule has 84 valence electrons. The van der Waals surface area contributed by atoms with Crippen LogP contribution in [-0.2, 0) is 6.18 Å². The van der Waals surface area contributed by atoms with Crippen LogP contribution in [0.15, 0.2) is 18.2 Å². The quantitative estimate of drug-likeness (QED) is 0.850. The molecule has 0 amide bonds. The number of halogens is 4. The van der Waals surface area contributed by atoms with E-state index in [1.807, 2.05) is 0 Å². The number of alkyl halides is 3. The molecular weight excluding hydrogens is 231 g/mol. The maximum atomic E-state index is 12.4. The van der Waals surface area contributed by atoms with Gasteiger partial charge < -0.3 is 10.4 Å². The second-order valence-electron chi connectivity index (χ2n) is 2.84. The monoisotopic (exact) mass is 239 g/mol. The topological polar surface area (TPSA) is 32.3 Å². The van der Waals surface area contributed by atoms with Gasteiger partial charge in [-0.3, -0.25) is 0 Å². The minimum atomic E-state index is -4.46. The third-order valence-electron chi connectivity index (χ3n) is 1.71. The number of rotatable bonds is 3. The van der Waals surface area contributed by atoms with E-state index in [1.165, 1.54) is 12.1 Å². The highest BCUT2D eigenvalue weighted by atomic mass is 35.5. The van der Waals surface area contributed by atoms with Crippen molar-refractivity contribution in [2.45, 2.75) is 6.18 Å². The van der Waals surface area contributed by atoms with Crippen LogP contribution < -0.4 is 5.32 Å². The molecule has 1 aromatic carbocycles. The number of hydrogen-bond acceptors (Lipinski definition) is 2. The van der Waals surface area contributed by atoms with Gasteiger partial charge >= 0.3 is 6.18 Å². The number of nitrogens with one attached hydrogen (secondary N) is 1. The van der Waals surface area contributed by atoms with Gasteiger partial charge in [0.1, 0.15) is 0 Å². The molecule has 2 N–H and O–H groups in total. The van der Waals surface area contributed by atoms with Gasteiger partial charge in [-0.15, -0.1) is 0 Å². The molecule has 0 aliphatic carbocycles. The summed E-state index contributed by atoms with van der Waals surface area (Å²) in [6.45, 7) is 0.0446. The summed E-state index contributed by atoms with van der Waals surface area (Å²) in [7, 11) is 0. The molecule has 0 aliphatic rings. The molecule has 1 aromatic rings. The first-order valence-corrected chi connectivity index (χ1v) is 4.54. The Bertz CT molecular complexity index is 341. The zero-order valence-corrected chi connectivity index (χ0v) is 8.36. The lowest BCUT2D eigenvalue weighted by atomic mass is 10.2. The molecule has 0 bridgehead atoms. The summed E-state index contributed by atoms with van der Waals surface area (Å²) in [5.74, 6) is 0. The van der Waals surface area contributed by atoms with Crippen LogP contribution in [0.4, 0.5) is 18.9 Å². The number of benzene rings is 1. The van der Waals surface area contributed by atoms with Crippen molar-refractivity contribution < 1.29 is 18.3 Å². The zero-order valence-electron chi connectivity index (χ0n) is 7.61. The number of aliphatic hydroxyl groups is 1. The van der Waals surface area contributed by atoms with E-state index in [-0.39, 0.29) is 23.9 Å². The van der Waals surface area contributed by atoms with E-state index in [4.69, 9.17) is 16.7 Å². The molecule has 0 atom stereocenters. The molecule has 15 heavy (non-hydrogen) atoms. The van der Waals surface area contributed by atoms with Crippen molar-refractivity contribution in [3.8, 4) is 0 Å². The highest BCUT2D eigenvalue weighted by Crippen LogP contribution is 2.36. The van der Waals surface area contributed by atoms with Crippen molar-refractivity contribution in [3.63, 3.8) is 0 Å². The zero-order chi connectivity index (χ0) is 11.5. The van der Waals surface area contributed by atoms with Crippen molar-refractivity contribution in [1.29, 1.82) is 0 Å². The van der Waals surface area contributed by atoms with E-state index in [0.29, 0.717) is 0 Å². The van der Waals surface area contributed by atoms with Crippen LogP contribution >= 0.6 is 11.6 Å². The van der Waals surface area contributed by atoms with Crippen molar-refractivity contribution in [2.24, 2.45) is 0 Å². The van der Waals surface area contributed by atoms with Gasteiger partial charge in [-0.25, -0.2) is 0 Å². The maximum Gasteiger partial charge on any atom is 0.417 e. The molecule has 0 aromatic heterocycles. The van der Waals surface area contributed by atoms with Crippen molar-refractivity contribution >= 4 is 17.3 Å². The smallest absolute Gasteiger partial charge is 0.395 e. The fourth-order valence-electron chi connectivity index (χ4n) is 1.05. The van der Waals surface area contributed by atoms with E-state index >= 15 is 0 Å². The first-order chi connectivity index (χ1) is 6.95. The first kappa shape index (κ1) is 12.1. The van der Waals surface area contributed by atoms with Crippen LogP contribution in [-0.4, -0.2) is 18.3 Å². The maximum absolute atomic E-state index is 12.4. The predicted octanol–water partition coefficient (Wildman–Crippen LogP) is 2.76. The second kappa shape index (κ2) is 4.72. The Morgan fingerprint density at radius 2 is 2.00 bits per heavy atom. The van der Waals surface area contributed by atoms with Crippen molar-refractivity contribution in [2.75, 3.05) is 18.5 Å². The predicted molar refractivity (Wildman–Crippen MR) is 52.0 cm³/mol. The summed E-state index contributed by atoms with van der Waals surface area (Å²) in [6, 6.07) is 3.51. The van der Waals surface area contributed by atoms with Gasteiger partial charge in [-0.05, 0) is 18.2 Å². The normalized spacial score (nSPS) is 11.5. The largest absolute Gasteiger partial charge is 0.417 e. The highest BCUT2D eigenvalue weighted by molar-refractivity contribution is 6.31. The highest BCUT2D eigenvalue weighted by Gasteiger charge is 2.33. The Labute approximate surface area is 89.7 Å². The van der Waals surface area contributed by atoms with E-state index in [9.17, 15) is 13.2 Å². The summed E-state index contributed by atoms with van der Waals surface area (Å²) in [6.07, 6.45) is -4.46. The molecule has 6 heteroatoms. The minimum absolute atomic E-state index is 0.149. The van der Waals surface area contributed by atoms with E-state index in [1.54, 1.807) is 0 Å². The fraction of sp³-hybridized carbons (Fsp3) is 0.333. The second-order valence-corrected chi connectivity index (χ2v) is 3.25. The van der Waals surface area contributed by atoms with Crippen LogP contribution in [0, 0.1) is 0 Å². The third-order valence-corrected chi connectivity index (χ3v) is 2.04. The summed E-state index contributed by atoms with van der Waals surface area (Å²) < 4.78 is 37.2. The lowest BCUT2D eigenvalue weighted by Gasteiger charge is -2.11. The number of anilines is 1. The van der Waals surface area contributed by atoms with Gasteiger partial charge in [0.05, 0.1) is 17.2 Å². The Morgan fingerprint density at radius 3 is 2.53 bits per heavy atom. The standard InChI is InChI=1S/C9H9ClF3NO/c10-8-2-1-6(14-3-4-15)5-7(8)9(11,12)13/h1-2,5,14-15H,3-4H2. The summed E-state index contributed by atoms with van der Waals surface area (Å²) in [5, 5.41) is 10.8. The summed E-state index contributed by atoms with van der Waals surface area (Å²) in [4.78, 5) is 0. The lowest BCUT2D eigenvalue weighted by Crippen LogP contribution is -2.09. The van der Waals surface area contributed by atoms with E-state index < -0.39 is 11.7 Å². The van der Waals surface area contributed by atoms with Crippen LogP contribution in [0.1, 0.15) is 5.56 Å².